The largest absolute Gasteiger partial charge is 0.317 e. The summed E-state index contributed by atoms with van der Waals surface area (Å²) < 4.78 is 0. The van der Waals surface area contributed by atoms with E-state index in [-0.39, 0.29) is 0 Å². The second-order valence-corrected chi connectivity index (χ2v) is 11.5. The van der Waals surface area contributed by atoms with E-state index < -0.39 is 0 Å². The van der Waals surface area contributed by atoms with Crippen LogP contribution >= 0.6 is 0 Å². The predicted molar refractivity (Wildman–Crippen MR) is 180 cm³/mol. The fourth-order valence-electron chi connectivity index (χ4n) is 6.36. The molecule has 204 valence electrons. The number of allylic oxidation sites excluding steroid dienone is 4. The Morgan fingerprint density at radius 3 is 2.14 bits per heavy atom. The lowest BCUT2D eigenvalue weighted by molar-refractivity contribution is 0.420. The minimum absolute atomic E-state index is 0.628. The number of para-hydroxylation sites is 2. The number of anilines is 2. The molecule has 0 amide bonds. The van der Waals surface area contributed by atoms with Gasteiger partial charge in [0.1, 0.15) is 0 Å². The van der Waals surface area contributed by atoms with Crippen molar-refractivity contribution in [3.05, 3.63) is 169 Å². The van der Waals surface area contributed by atoms with Gasteiger partial charge in [-0.15, -0.1) is 0 Å². The number of fused-ring (bicyclic) bond motifs is 1. The fraction of sp³-hybridized carbons (Fsp3) is 0.122. The topological polar surface area (TPSA) is 3.24 Å². The minimum atomic E-state index is 0.628. The van der Waals surface area contributed by atoms with Crippen LogP contribution in [0.2, 0.25) is 0 Å². The number of nitrogens with zero attached hydrogens (tertiary/aromatic N) is 1. The molecule has 1 fully saturated rings. The Morgan fingerprint density at radius 1 is 0.667 bits per heavy atom. The number of hydrogen-bond acceptors (Lipinski definition) is 1. The van der Waals surface area contributed by atoms with Crippen molar-refractivity contribution in [1.82, 2.24) is 0 Å². The van der Waals surface area contributed by atoms with Gasteiger partial charge in [-0.1, -0.05) is 110 Å². The van der Waals surface area contributed by atoms with Crippen LogP contribution in [-0.2, 0) is 0 Å². The van der Waals surface area contributed by atoms with Gasteiger partial charge in [-0.2, -0.15) is 0 Å². The van der Waals surface area contributed by atoms with Crippen molar-refractivity contribution in [2.45, 2.75) is 32.1 Å². The Labute approximate surface area is 249 Å². The molecule has 1 saturated carbocycles. The average Bonchev–Trinajstić information content (AvgIpc) is 3.00. The van der Waals surface area contributed by atoms with Gasteiger partial charge in [-0.25, -0.2) is 0 Å². The Morgan fingerprint density at radius 2 is 1.38 bits per heavy atom. The first-order chi connectivity index (χ1) is 20.7. The molecule has 1 heteroatoms. The molecular weight excluding hydrogens is 506 g/mol. The Kier molecular flexibility index (Phi) is 6.93. The highest BCUT2D eigenvalue weighted by Gasteiger charge is 2.25. The molecule has 0 atom stereocenters. The maximum atomic E-state index is 4.53. The van der Waals surface area contributed by atoms with Gasteiger partial charge in [0.2, 0.25) is 0 Å². The van der Waals surface area contributed by atoms with Crippen LogP contribution in [0.25, 0.3) is 33.4 Å². The third kappa shape index (κ3) is 4.82. The molecule has 0 aromatic heterocycles. The first-order valence-corrected chi connectivity index (χ1v) is 15.0. The van der Waals surface area contributed by atoms with Crippen LogP contribution in [-0.4, -0.2) is 0 Å². The normalized spacial score (nSPS) is 16.9. The van der Waals surface area contributed by atoms with Crippen molar-refractivity contribution < 1.29 is 0 Å². The van der Waals surface area contributed by atoms with Crippen LogP contribution in [0.15, 0.2) is 146 Å². The molecule has 5 aromatic rings. The van der Waals surface area contributed by atoms with Gasteiger partial charge in [0.05, 0.1) is 5.69 Å². The lowest BCUT2D eigenvalue weighted by Gasteiger charge is -2.30. The summed E-state index contributed by atoms with van der Waals surface area (Å²) in [7, 11) is 0. The number of rotatable bonds is 5. The Hall–Kier alpha value is -4.88. The van der Waals surface area contributed by atoms with Crippen LogP contribution < -0.4 is 4.90 Å². The zero-order valence-corrected chi connectivity index (χ0v) is 24.1. The van der Waals surface area contributed by atoms with E-state index in [1.54, 1.807) is 0 Å². The molecule has 0 spiro atoms. The molecular formula is C41H35N. The van der Waals surface area contributed by atoms with E-state index in [0.29, 0.717) is 5.92 Å². The highest BCUT2D eigenvalue weighted by atomic mass is 15.1. The molecule has 42 heavy (non-hydrogen) atoms. The summed E-state index contributed by atoms with van der Waals surface area (Å²) >= 11 is 0. The molecule has 1 heterocycles. The van der Waals surface area contributed by atoms with E-state index >= 15 is 0 Å². The van der Waals surface area contributed by atoms with Crippen molar-refractivity contribution in [1.29, 1.82) is 0 Å². The van der Waals surface area contributed by atoms with E-state index in [0.717, 1.165) is 28.1 Å². The zero-order valence-electron chi connectivity index (χ0n) is 24.1. The molecule has 0 bridgehead atoms. The third-order valence-corrected chi connectivity index (χ3v) is 8.84. The zero-order chi connectivity index (χ0) is 28.5. The van der Waals surface area contributed by atoms with E-state index in [4.69, 9.17) is 0 Å². The summed E-state index contributed by atoms with van der Waals surface area (Å²) in [5.41, 5.74) is 14.8. The van der Waals surface area contributed by atoms with Crippen LogP contribution in [0.1, 0.15) is 47.4 Å². The van der Waals surface area contributed by atoms with E-state index in [1.807, 2.05) is 0 Å². The fourth-order valence-corrected chi connectivity index (χ4v) is 6.36. The van der Waals surface area contributed by atoms with Crippen LogP contribution in [0, 0.1) is 6.92 Å². The lowest BCUT2D eigenvalue weighted by Crippen LogP contribution is -2.11. The van der Waals surface area contributed by atoms with Gasteiger partial charge in [-0.3, -0.25) is 0 Å². The summed E-state index contributed by atoms with van der Waals surface area (Å²) in [6.07, 6.45) is 10.5. The van der Waals surface area contributed by atoms with Crippen molar-refractivity contribution in [2.24, 2.45) is 0 Å². The van der Waals surface area contributed by atoms with Crippen LogP contribution in [0.5, 0.6) is 0 Å². The number of hydrogen-bond donors (Lipinski definition) is 0. The SMILES string of the molecule is C=C1/C=C(c2ccc(C)c(-c3c(-c4ccccc4)cccc3C3CCC3)c2)\C=C/N(c2ccccc2)c2ccccc21. The summed E-state index contributed by atoms with van der Waals surface area (Å²) in [6, 6.07) is 43.8. The maximum Gasteiger partial charge on any atom is 0.0533 e. The van der Waals surface area contributed by atoms with Gasteiger partial charge < -0.3 is 4.90 Å². The monoisotopic (exact) mass is 541 g/mol. The van der Waals surface area contributed by atoms with Crippen molar-refractivity contribution in [3.8, 4) is 22.3 Å². The maximum absolute atomic E-state index is 4.53. The smallest absolute Gasteiger partial charge is 0.0533 e. The minimum Gasteiger partial charge on any atom is -0.317 e. The summed E-state index contributed by atoms with van der Waals surface area (Å²) in [4.78, 5) is 2.27. The molecule has 2 aliphatic rings. The third-order valence-electron chi connectivity index (χ3n) is 8.84. The quantitative estimate of drug-likeness (QED) is 0.214. The van der Waals surface area contributed by atoms with Crippen molar-refractivity contribution >= 4 is 22.5 Å². The number of benzene rings is 5. The molecule has 1 aliphatic carbocycles. The van der Waals surface area contributed by atoms with E-state index in [2.05, 4.69) is 158 Å². The second kappa shape index (κ2) is 11.2. The van der Waals surface area contributed by atoms with Gasteiger partial charge in [0.25, 0.3) is 0 Å². The van der Waals surface area contributed by atoms with Crippen molar-refractivity contribution in [3.63, 3.8) is 0 Å². The average molecular weight is 542 g/mol. The van der Waals surface area contributed by atoms with E-state index in [9.17, 15) is 0 Å². The summed E-state index contributed by atoms with van der Waals surface area (Å²) in [5.74, 6) is 0.628. The first kappa shape index (κ1) is 26.0. The number of aryl methyl sites for hydroxylation is 1. The Balaban J connectivity index is 1.39. The van der Waals surface area contributed by atoms with Crippen molar-refractivity contribution in [2.75, 3.05) is 4.90 Å². The molecule has 0 saturated heterocycles. The molecule has 1 nitrogen and oxygen atoms in total. The summed E-state index contributed by atoms with van der Waals surface area (Å²) in [5, 5.41) is 0. The standard InChI is InChI=1S/C41H35N/c1-29-23-24-33(28-39(29)41-37(31-13-5-3-6-14-31)20-12-21-38(41)32-15-11-16-32)34-25-26-42(35-17-7-4-8-18-35)40-22-10-9-19-36(40)30(2)27-34/h3-10,12-14,17-28,32H,2,11,15-16H2,1H3/b26-25-,34-27+. The molecule has 1 aliphatic heterocycles. The van der Waals surface area contributed by atoms with Crippen LogP contribution in [0.4, 0.5) is 11.4 Å². The lowest BCUT2D eigenvalue weighted by atomic mass is 9.75. The van der Waals surface area contributed by atoms with Gasteiger partial charge in [-0.05, 0) is 112 Å². The molecule has 0 unspecified atom stereocenters. The van der Waals surface area contributed by atoms with Gasteiger partial charge >= 0.3 is 0 Å². The second-order valence-electron chi connectivity index (χ2n) is 11.5. The van der Waals surface area contributed by atoms with Gasteiger partial charge in [0, 0.05) is 17.5 Å². The highest BCUT2D eigenvalue weighted by molar-refractivity contribution is 5.95. The van der Waals surface area contributed by atoms with Crippen LogP contribution in [0.3, 0.4) is 0 Å². The highest BCUT2D eigenvalue weighted by Crippen LogP contribution is 2.46. The van der Waals surface area contributed by atoms with E-state index in [1.165, 1.54) is 58.2 Å². The molecule has 5 aromatic carbocycles. The van der Waals surface area contributed by atoms with Gasteiger partial charge in [0.15, 0.2) is 0 Å². The Bertz CT molecular complexity index is 1820. The molecule has 0 radical (unpaired) electrons. The molecule has 7 rings (SSSR count). The molecule has 0 N–H and O–H groups in total. The summed E-state index contributed by atoms with van der Waals surface area (Å²) in [6.45, 7) is 6.78. The predicted octanol–water partition coefficient (Wildman–Crippen LogP) is 11.4. The first-order valence-electron chi connectivity index (χ1n) is 15.0.